The molecule has 0 aliphatic carbocycles. The van der Waals surface area contributed by atoms with Crippen LogP contribution in [0.5, 0.6) is 5.75 Å². The molecule has 1 saturated heterocycles. The number of fused-ring (bicyclic) bond motifs is 1. The molecule has 0 aromatic heterocycles. The second-order valence-corrected chi connectivity index (χ2v) is 7.94. The van der Waals surface area contributed by atoms with E-state index in [-0.39, 0.29) is 5.91 Å². The summed E-state index contributed by atoms with van der Waals surface area (Å²) in [6.07, 6.45) is 3.73. The van der Waals surface area contributed by atoms with E-state index in [4.69, 9.17) is 17.0 Å². The molecular weight excluding hydrogens is 382 g/mol. The van der Waals surface area contributed by atoms with Gasteiger partial charge in [-0.3, -0.25) is 4.79 Å². The number of hydrogen-bond acceptors (Lipinski definition) is 3. The first-order chi connectivity index (χ1) is 14.2. The fraction of sp³-hybridized carbons (Fsp3) is 0.391. The van der Waals surface area contributed by atoms with Gasteiger partial charge in [-0.2, -0.15) is 0 Å². The smallest absolute Gasteiger partial charge is 0.265 e. The molecule has 2 aromatic rings. The second kappa shape index (κ2) is 8.82. The van der Waals surface area contributed by atoms with Crippen LogP contribution in [0.3, 0.4) is 0 Å². The van der Waals surface area contributed by atoms with Gasteiger partial charge >= 0.3 is 0 Å². The Morgan fingerprint density at radius 2 is 1.93 bits per heavy atom. The minimum absolute atomic E-state index is 0.0555. The monoisotopic (exact) mass is 409 g/mol. The molecule has 6 heteroatoms. The van der Waals surface area contributed by atoms with E-state index in [1.54, 1.807) is 0 Å². The first kappa shape index (κ1) is 19.7. The van der Waals surface area contributed by atoms with Crippen LogP contribution < -0.4 is 15.0 Å². The topological polar surface area (TPSA) is 44.8 Å². The number of hydrogen-bond donors (Lipinski definition) is 1. The van der Waals surface area contributed by atoms with Crippen LogP contribution >= 0.6 is 12.2 Å². The Bertz CT molecular complexity index is 895. The van der Waals surface area contributed by atoms with E-state index >= 15 is 0 Å². The lowest BCUT2D eigenvalue weighted by Crippen LogP contribution is -2.53. The molecule has 4 rings (SSSR count). The normalized spacial score (nSPS) is 18.6. The molecule has 0 radical (unpaired) electrons. The number of carbonyl (C=O) groups is 1. The van der Waals surface area contributed by atoms with E-state index in [0.29, 0.717) is 17.4 Å². The molecule has 29 heavy (non-hydrogen) atoms. The van der Waals surface area contributed by atoms with Crippen molar-refractivity contribution in [1.29, 1.82) is 0 Å². The number of nitrogens with zero attached hydrogens (tertiary/aromatic N) is 2. The number of ether oxygens (including phenoxy) is 1. The first-order valence-electron chi connectivity index (χ1n) is 10.4. The van der Waals surface area contributed by atoms with Crippen molar-refractivity contribution >= 4 is 34.6 Å². The Hall–Kier alpha value is -2.60. The molecule has 1 atom stereocenters. The quantitative estimate of drug-likeness (QED) is 0.769. The number of nitrogens with one attached hydrogen (secondary N) is 1. The Balaban J connectivity index is 1.55. The van der Waals surface area contributed by atoms with Crippen LogP contribution in [0.2, 0.25) is 0 Å². The van der Waals surface area contributed by atoms with Crippen molar-refractivity contribution in [2.24, 2.45) is 0 Å². The Labute approximate surface area is 177 Å². The van der Waals surface area contributed by atoms with Crippen molar-refractivity contribution in [2.45, 2.75) is 38.7 Å². The van der Waals surface area contributed by atoms with Gasteiger partial charge in [-0.05, 0) is 67.7 Å². The van der Waals surface area contributed by atoms with E-state index in [2.05, 4.69) is 24.4 Å². The number of thiocarbonyl (C=S) groups is 1. The third-order valence-electron chi connectivity index (χ3n) is 5.55. The van der Waals surface area contributed by atoms with Crippen LogP contribution in [-0.2, 0) is 11.2 Å². The molecule has 152 valence electrons. The minimum atomic E-state index is -0.551. The number of para-hydroxylation sites is 2. The van der Waals surface area contributed by atoms with E-state index in [9.17, 15) is 4.79 Å². The van der Waals surface area contributed by atoms with Crippen LogP contribution in [0.25, 0.3) is 0 Å². The Morgan fingerprint density at radius 1 is 1.14 bits per heavy atom. The minimum Gasteiger partial charge on any atom is -0.476 e. The molecule has 1 amide bonds. The van der Waals surface area contributed by atoms with Crippen LogP contribution in [-0.4, -0.2) is 41.7 Å². The number of piperidine rings is 1. The van der Waals surface area contributed by atoms with Gasteiger partial charge in [-0.25, -0.2) is 0 Å². The predicted molar refractivity (Wildman–Crippen MR) is 121 cm³/mol. The summed E-state index contributed by atoms with van der Waals surface area (Å²) >= 11 is 5.74. The van der Waals surface area contributed by atoms with Gasteiger partial charge in [0.15, 0.2) is 11.2 Å². The van der Waals surface area contributed by atoms with E-state index in [1.165, 1.54) is 12.0 Å². The maximum Gasteiger partial charge on any atom is 0.265 e. The maximum absolute atomic E-state index is 13.1. The molecular formula is C23H27N3O2S. The molecule has 2 heterocycles. The molecule has 1 N–H and O–H groups in total. The molecule has 5 nitrogen and oxygen atoms in total. The van der Waals surface area contributed by atoms with Gasteiger partial charge in [0.05, 0.1) is 12.2 Å². The zero-order chi connectivity index (χ0) is 20.2. The fourth-order valence-electron chi connectivity index (χ4n) is 3.93. The van der Waals surface area contributed by atoms with Gasteiger partial charge in [-0.15, -0.1) is 0 Å². The summed E-state index contributed by atoms with van der Waals surface area (Å²) < 4.78 is 6.09. The zero-order valence-corrected chi connectivity index (χ0v) is 17.6. The first-order valence-corrected chi connectivity index (χ1v) is 10.8. The van der Waals surface area contributed by atoms with Gasteiger partial charge in [0.1, 0.15) is 5.75 Å². The van der Waals surface area contributed by atoms with Crippen molar-refractivity contribution in [3.05, 3.63) is 54.1 Å². The highest BCUT2D eigenvalue weighted by Gasteiger charge is 2.35. The summed E-state index contributed by atoms with van der Waals surface area (Å²) in [4.78, 5) is 17.0. The van der Waals surface area contributed by atoms with Gasteiger partial charge in [0.2, 0.25) is 0 Å². The lowest BCUT2D eigenvalue weighted by Gasteiger charge is -2.38. The van der Waals surface area contributed by atoms with Gasteiger partial charge in [-0.1, -0.05) is 31.2 Å². The number of amides is 1. The van der Waals surface area contributed by atoms with E-state index in [1.807, 2.05) is 46.2 Å². The molecule has 0 bridgehead atoms. The Kier molecular flexibility index (Phi) is 6.00. The van der Waals surface area contributed by atoms with E-state index in [0.717, 1.165) is 43.7 Å². The Morgan fingerprint density at radius 3 is 2.72 bits per heavy atom. The SMILES string of the molecule is CCc1cccc(NC(=S)N2C[C@@H](C(=O)N3CCCCC3)Oc3ccccc32)c1. The second-order valence-electron chi connectivity index (χ2n) is 7.55. The van der Waals surface area contributed by atoms with Crippen molar-refractivity contribution in [3.63, 3.8) is 0 Å². The summed E-state index contributed by atoms with van der Waals surface area (Å²) in [5.41, 5.74) is 3.09. The number of rotatable bonds is 3. The van der Waals surface area contributed by atoms with Crippen LogP contribution in [0.15, 0.2) is 48.5 Å². The predicted octanol–water partition coefficient (Wildman–Crippen LogP) is 4.23. The molecule has 0 saturated carbocycles. The largest absolute Gasteiger partial charge is 0.476 e. The van der Waals surface area contributed by atoms with Gasteiger partial charge in [0.25, 0.3) is 5.91 Å². The third kappa shape index (κ3) is 4.37. The molecule has 1 fully saturated rings. The number of aryl methyl sites for hydroxylation is 1. The highest BCUT2D eigenvalue weighted by molar-refractivity contribution is 7.80. The molecule has 0 spiro atoms. The van der Waals surface area contributed by atoms with Crippen molar-refractivity contribution in [1.82, 2.24) is 4.90 Å². The zero-order valence-electron chi connectivity index (χ0n) is 16.8. The number of likely N-dealkylation sites (tertiary alicyclic amines) is 1. The fourth-order valence-corrected chi connectivity index (χ4v) is 4.22. The maximum atomic E-state index is 13.1. The molecule has 0 unspecified atom stereocenters. The summed E-state index contributed by atoms with van der Waals surface area (Å²) in [5, 5.41) is 3.92. The molecule has 2 aromatic carbocycles. The third-order valence-corrected chi connectivity index (χ3v) is 5.87. The number of benzene rings is 2. The average molecular weight is 410 g/mol. The number of anilines is 2. The summed E-state index contributed by atoms with van der Waals surface area (Å²) in [6.45, 7) is 4.16. The lowest BCUT2D eigenvalue weighted by atomic mass is 10.1. The van der Waals surface area contributed by atoms with Crippen LogP contribution in [0.1, 0.15) is 31.7 Å². The van der Waals surface area contributed by atoms with Crippen molar-refractivity contribution < 1.29 is 9.53 Å². The standard InChI is InChI=1S/C23H27N3O2S/c1-2-17-9-8-10-18(15-17)24-23(29)26-16-21(22(27)25-13-6-3-7-14-25)28-20-12-5-4-11-19(20)26/h4-5,8-12,15,21H,2-3,6-7,13-14,16H2,1H3,(H,24,29)/t21-/m0/s1. The lowest BCUT2D eigenvalue weighted by molar-refractivity contribution is -0.139. The summed E-state index contributed by atoms with van der Waals surface area (Å²) in [7, 11) is 0. The summed E-state index contributed by atoms with van der Waals surface area (Å²) in [6, 6.07) is 16.0. The van der Waals surface area contributed by atoms with Crippen molar-refractivity contribution in [3.8, 4) is 5.75 Å². The van der Waals surface area contributed by atoms with Crippen LogP contribution in [0.4, 0.5) is 11.4 Å². The van der Waals surface area contributed by atoms with Gasteiger partial charge in [0, 0.05) is 18.8 Å². The number of carbonyl (C=O) groups excluding carboxylic acids is 1. The molecule has 2 aliphatic heterocycles. The molecule has 2 aliphatic rings. The average Bonchev–Trinajstić information content (AvgIpc) is 2.78. The van der Waals surface area contributed by atoms with Crippen LogP contribution in [0, 0.1) is 0 Å². The highest BCUT2D eigenvalue weighted by atomic mass is 32.1. The summed E-state index contributed by atoms with van der Waals surface area (Å²) in [5.74, 6) is 0.751. The van der Waals surface area contributed by atoms with E-state index < -0.39 is 6.10 Å². The van der Waals surface area contributed by atoms with Gasteiger partial charge < -0.3 is 19.9 Å². The highest BCUT2D eigenvalue weighted by Crippen LogP contribution is 2.34. The van der Waals surface area contributed by atoms with Crippen molar-refractivity contribution in [2.75, 3.05) is 29.9 Å².